The highest BCUT2D eigenvalue weighted by Gasteiger charge is 2.19. The maximum Gasteiger partial charge on any atom is 0.234 e. The van der Waals surface area contributed by atoms with Crippen LogP contribution in [0.15, 0.2) is 24.3 Å². The molecule has 0 bridgehead atoms. The molecule has 1 aromatic rings. The monoisotopic (exact) mass is 311 g/mol. The van der Waals surface area contributed by atoms with Crippen LogP contribution in [0, 0.1) is 0 Å². The number of hydrogen-bond donors (Lipinski definition) is 2. The van der Waals surface area contributed by atoms with Gasteiger partial charge in [-0.25, -0.2) is 0 Å². The van der Waals surface area contributed by atoms with E-state index in [1.807, 2.05) is 29.2 Å². The van der Waals surface area contributed by atoms with Crippen LogP contribution < -0.4 is 10.6 Å². The molecule has 1 aromatic carbocycles. The molecule has 0 saturated carbocycles. The molecule has 6 heteroatoms. The lowest BCUT2D eigenvalue weighted by molar-refractivity contribution is -0.128. The number of nitrogens with zero attached hydrogens (tertiary/aromatic N) is 1. The number of nitrogens with one attached hydrogen (secondary N) is 2. The second-order valence-electron chi connectivity index (χ2n) is 5.04. The van der Waals surface area contributed by atoms with Crippen molar-refractivity contribution in [1.29, 1.82) is 0 Å². The minimum atomic E-state index is -0.0146. The van der Waals surface area contributed by atoms with Crippen molar-refractivity contribution < 1.29 is 9.59 Å². The molecule has 21 heavy (non-hydrogen) atoms. The van der Waals surface area contributed by atoms with Gasteiger partial charge in [0.25, 0.3) is 0 Å². The van der Waals surface area contributed by atoms with Gasteiger partial charge in [0, 0.05) is 26.1 Å². The number of likely N-dealkylation sites (tertiary alicyclic amines) is 1. The third kappa shape index (κ3) is 5.36. The number of hydrogen-bond acceptors (Lipinski definition) is 3. The molecule has 1 saturated heterocycles. The fourth-order valence-corrected chi connectivity index (χ4v) is 2.28. The van der Waals surface area contributed by atoms with Crippen molar-refractivity contribution in [2.75, 3.05) is 20.1 Å². The van der Waals surface area contributed by atoms with E-state index in [1.165, 1.54) is 0 Å². The van der Waals surface area contributed by atoms with Crippen LogP contribution in [-0.2, 0) is 22.7 Å². The topological polar surface area (TPSA) is 61.4 Å². The average molecular weight is 312 g/mol. The highest BCUT2D eigenvalue weighted by atomic mass is 35.5. The van der Waals surface area contributed by atoms with Gasteiger partial charge in [0.2, 0.25) is 11.8 Å². The normalized spacial score (nSPS) is 14.0. The molecule has 2 rings (SSSR count). The summed E-state index contributed by atoms with van der Waals surface area (Å²) in [5.41, 5.74) is 2.19. The van der Waals surface area contributed by atoms with E-state index in [1.54, 1.807) is 7.05 Å². The second-order valence-corrected chi connectivity index (χ2v) is 5.04. The van der Waals surface area contributed by atoms with Crippen LogP contribution in [0.5, 0.6) is 0 Å². The molecule has 0 aromatic heterocycles. The van der Waals surface area contributed by atoms with Crippen molar-refractivity contribution in [3.8, 4) is 0 Å². The molecule has 0 spiro atoms. The molecule has 2 amide bonds. The Morgan fingerprint density at radius 1 is 1.24 bits per heavy atom. The van der Waals surface area contributed by atoms with E-state index in [0.717, 1.165) is 24.1 Å². The molecule has 116 valence electrons. The van der Waals surface area contributed by atoms with Crippen molar-refractivity contribution in [3.05, 3.63) is 35.4 Å². The van der Waals surface area contributed by atoms with Gasteiger partial charge in [-0.05, 0) is 24.6 Å². The Balaban J connectivity index is 0.00000220. The van der Waals surface area contributed by atoms with Gasteiger partial charge in [0.05, 0.1) is 6.54 Å². The van der Waals surface area contributed by atoms with Crippen LogP contribution in [0.2, 0.25) is 0 Å². The predicted molar refractivity (Wildman–Crippen MR) is 84.1 cm³/mol. The largest absolute Gasteiger partial charge is 0.351 e. The van der Waals surface area contributed by atoms with Crippen LogP contribution in [0.3, 0.4) is 0 Å². The van der Waals surface area contributed by atoms with Gasteiger partial charge in [-0.2, -0.15) is 0 Å². The summed E-state index contributed by atoms with van der Waals surface area (Å²) < 4.78 is 0. The van der Waals surface area contributed by atoms with Gasteiger partial charge in [0.1, 0.15) is 0 Å². The van der Waals surface area contributed by atoms with Gasteiger partial charge >= 0.3 is 0 Å². The van der Waals surface area contributed by atoms with Gasteiger partial charge in [-0.15, -0.1) is 12.4 Å². The molecule has 0 radical (unpaired) electrons. The molecule has 1 fully saturated rings. The lowest BCUT2D eigenvalue weighted by atomic mass is 10.1. The van der Waals surface area contributed by atoms with E-state index in [0.29, 0.717) is 26.1 Å². The molecule has 0 atom stereocenters. The van der Waals surface area contributed by atoms with Crippen LogP contribution in [0.4, 0.5) is 0 Å². The third-order valence-electron chi connectivity index (χ3n) is 3.39. The predicted octanol–water partition coefficient (Wildman–Crippen LogP) is 1.07. The Bertz CT molecular complexity index is 476. The molecule has 1 aliphatic rings. The van der Waals surface area contributed by atoms with E-state index < -0.39 is 0 Å². The van der Waals surface area contributed by atoms with Gasteiger partial charge in [0.15, 0.2) is 0 Å². The van der Waals surface area contributed by atoms with E-state index >= 15 is 0 Å². The maximum absolute atomic E-state index is 11.6. The van der Waals surface area contributed by atoms with Gasteiger partial charge in [-0.3, -0.25) is 9.59 Å². The van der Waals surface area contributed by atoms with E-state index in [9.17, 15) is 9.59 Å². The van der Waals surface area contributed by atoms with E-state index in [4.69, 9.17) is 0 Å². The Morgan fingerprint density at radius 2 is 1.90 bits per heavy atom. The Morgan fingerprint density at radius 3 is 2.48 bits per heavy atom. The Hall–Kier alpha value is -1.59. The minimum Gasteiger partial charge on any atom is -0.351 e. The highest BCUT2D eigenvalue weighted by Crippen LogP contribution is 2.14. The minimum absolute atomic E-state index is 0. The number of rotatable bonds is 6. The first-order chi connectivity index (χ1) is 9.69. The van der Waals surface area contributed by atoms with Crippen LogP contribution in [0.1, 0.15) is 24.0 Å². The number of carbonyl (C=O) groups excluding carboxylic acids is 2. The van der Waals surface area contributed by atoms with Crippen LogP contribution >= 0.6 is 12.4 Å². The molecule has 2 N–H and O–H groups in total. The molecule has 1 aliphatic heterocycles. The highest BCUT2D eigenvalue weighted by molar-refractivity contribution is 5.85. The summed E-state index contributed by atoms with van der Waals surface area (Å²) in [4.78, 5) is 24.8. The number of likely N-dealkylation sites (N-methyl/N-ethyl adjacent to an activating group) is 1. The fraction of sp³-hybridized carbons (Fsp3) is 0.467. The van der Waals surface area contributed by atoms with Crippen molar-refractivity contribution >= 4 is 24.2 Å². The summed E-state index contributed by atoms with van der Waals surface area (Å²) in [5.74, 6) is 0.229. The molecular weight excluding hydrogens is 290 g/mol. The molecule has 0 aliphatic carbocycles. The van der Waals surface area contributed by atoms with Gasteiger partial charge < -0.3 is 15.5 Å². The van der Waals surface area contributed by atoms with Crippen molar-refractivity contribution in [3.63, 3.8) is 0 Å². The summed E-state index contributed by atoms with van der Waals surface area (Å²) in [6.45, 7) is 2.41. The zero-order valence-corrected chi connectivity index (χ0v) is 13.0. The first kappa shape index (κ1) is 17.5. The van der Waals surface area contributed by atoms with Crippen molar-refractivity contribution in [2.24, 2.45) is 0 Å². The standard InChI is InChI=1S/C15H21N3O2.ClH/c1-16-10-14(19)17-9-12-4-6-13(7-5-12)11-18-8-2-3-15(18)20;/h4-7,16H,2-3,8-11H2,1H3,(H,17,19);1H. The van der Waals surface area contributed by atoms with Crippen molar-refractivity contribution in [1.82, 2.24) is 15.5 Å². The summed E-state index contributed by atoms with van der Waals surface area (Å²) in [5, 5.41) is 5.64. The second kappa shape index (κ2) is 8.64. The van der Waals surface area contributed by atoms with Crippen molar-refractivity contribution in [2.45, 2.75) is 25.9 Å². The van der Waals surface area contributed by atoms with Gasteiger partial charge in [-0.1, -0.05) is 24.3 Å². The lowest BCUT2D eigenvalue weighted by Gasteiger charge is -2.15. The maximum atomic E-state index is 11.6. The van der Waals surface area contributed by atoms with E-state index in [-0.39, 0.29) is 24.2 Å². The molecule has 5 nitrogen and oxygen atoms in total. The summed E-state index contributed by atoms with van der Waals surface area (Å²) in [6, 6.07) is 8.03. The van der Waals surface area contributed by atoms with Crippen LogP contribution in [0.25, 0.3) is 0 Å². The first-order valence-electron chi connectivity index (χ1n) is 6.96. The summed E-state index contributed by atoms with van der Waals surface area (Å²) >= 11 is 0. The smallest absolute Gasteiger partial charge is 0.234 e. The van der Waals surface area contributed by atoms with Crippen LogP contribution in [-0.4, -0.2) is 36.9 Å². The number of carbonyl (C=O) groups is 2. The Labute approximate surface area is 131 Å². The Kier molecular flexibility index (Phi) is 7.19. The number of halogens is 1. The number of benzene rings is 1. The SMILES string of the molecule is CNCC(=O)NCc1ccc(CN2CCCC2=O)cc1.Cl. The molecule has 1 heterocycles. The zero-order valence-electron chi connectivity index (χ0n) is 12.2. The first-order valence-corrected chi connectivity index (χ1v) is 6.96. The fourth-order valence-electron chi connectivity index (χ4n) is 2.28. The number of amides is 2. The zero-order chi connectivity index (χ0) is 14.4. The van der Waals surface area contributed by atoms with E-state index in [2.05, 4.69) is 10.6 Å². The molecule has 0 unspecified atom stereocenters. The quantitative estimate of drug-likeness (QED) is 0.826. The summed E-state index contributed by atoms with van der Waals surface area (Å²) in [6.07, 6.45) is 1.64. The lowest BCUT2D eigenvalue weighted by Crippen LogP contribution is -2.31. The third-order valence-corrected chi connectivity index (χ3v) is 3.39. The summed E-state index contributed by atoms with van der Waals surface area (Å²) in [7, 11) is 1.74. The molecular formula is C15H22ClN3O2. The average Bonchev–Trinajstić information content (AvgIpc) is 2.84.